The molecule has 0 N–H and O–H groups in total. The maximum atomic E-state index is 12.0. The van der Waals surface area contributed by atoms with Crippen LogP contribution in [0.3, 0.4) is 0 Å². The third-order valence-corrected chi connectivity index (χ3v) is 6.02. The Balaban J connectivity index is 2.40. The van der Waals surface area contributed by atoms with E-state index >= 15 is 0 Å². The molecule has 1 aliphatic heterocycles. The average molecular weight is 258 g/mol. The lowest BCUT2D eigenvalue weighted by atomic mass is 10.4. The second kappa shape index (κ2) is 3.71. The molecule has 0 fully saturated rings. The van der Waals surface area contributed by atoms with Gasteiger partial charge in [-0.05, 0) is 12.1 Å². The molecule has 16 heavy (non-hydrogen) atoms. The minimum Gasteiger partial charge on any atom is -0.224 e. The van der Waals surface area contributed by atoms with Gasteiger partial charge in [0.05, 0.1) is 15.9 Å². The Morgan fingerprint density at radius 3 is 2.25 bits per heavy atom. The number of rotatable bonds is 2. The van der Waals surface area contributed by atoms with Crippen LogP contribution in [0.5, 0.6) is 0 Å². The predicted octanol–water partition coefficient (Wildman–Crippen LogP) is 0.771. The predicted molar refractivity (Wildman–Crippen MR) is 60.3 cm³/mol. The Morgan fingerprint density at radius 1 is 1.12 bits per heavy atom. The molecule has 0 saturated carbocycles. The highest BCUT2D eigenvalue weighted by Gasteiger charge is 2.33. The van der Waals surface area contributed by atoms with Gasteiger partial charge in [-0.15, -0.1) is 0 Å². The van der Waals surface area contributed by atoms with Crippen LogP contribution in [0.25, 0.3) is 0 Å². The van der Waals surface area contributed by atoms with Crippen molar-refractivity contribution in [1.82, 2.24) is 0 Å². The molecule has 1 aliphatic rings. The van der Waals surface area contributed by atoms with Crippen molar-refractivity contribution >= 4 is 19.7 Å². The lowest BCUT2D eigenvalue weighted by molar-refractivity contribution is 0.587. The summed E-state index contributed by atoms with van der Waals surface area (Å²) in [5.41, 5.74) is 0. The Hall–Kier alpha value is -1.14. The lowest BCUT2D eigenvalue weighted by Gasteiger charge is -2.08. The molecule has 4 nitrogen and oxygen atoms in total. The van der Waals surface area contributed by atoms with Crippen LogP contribution in [0.2, 0.25) is 0 Å². The van der Waals surface area contributed by atoms with Crippen molar-refractivity contribution in [2.75, 3.05) is 5.75 Å². The van der Waals surface area contributed by atoms with Crippen LogP contribution in [0.4, 0.5) is 0 Å². The van der Waals surface area contributed by atoms with Crippen LogP contribution < -0.4 is 0 Å². The largest absolute Gasteiger partial charge is 0.224 e. The van der Waals surface area contributed by atoms with Gasteiger partial charge in [0.1, 0.15) is 0 Å². The summed E-state index contributed by atoms with van der Waals surface area (Å²) in [4.78, 5) is 0.154. The first-order valence-electron chi connectivity index (χ1n) is 4.62. The van der Waals surface area contributed by atoms with Crippen molar-refractivity contribution in [3.63, 3.8) is 0 Å². The fourth-order valence-corrected chi connectivity index (χ4v) is 5.19. The van der Waals surface area contributed by atoms with Gasteiger partial charge < -0.3 is 0 Å². The van der Waals surface area contributed by atoms with Gasteiger partial charge in [0.15, 0.2) is 19.7 Å². The quantitative estimate of drug-likeness (QED) is 0.785. The van der Waals surface area contributed by atoms with Crippen molar-refractivity contribution in [2.24, 2.45) is 0 Å². The van der Waals surface area contributed by atoms with E-state index in [4.69, 9.17) is 0 Å². The zero-order valence-electron chi connectivity index (χ0n) is 8.28. The monoisotopic (exact) mass is 258 g/mol. The van der Waals surface area contributed by atoms with Crippen LogP contribution in [0.1, 0.15) is 0 Å². The maximum absolute atomic E-state index is 12.0. The molecule has 0 saturated heterocycles. The normalized spacial score (nSPS) is 23.4. The Kier molecular flexibility index (Phi) is 2.63. The van der Waals surface area contributed by atoms with E-state index in [0.717, 1.165) is 5.41 Å². The van der Waals surface area contributed by atoms with Gasteiger partial charge in [-0.25, -0.2) is 16.8 Å². The molecule has 86 valence electrons. The molecule has 0 aromatic heterocycles. The van der Waals surface area contributed by atoms with E-state index in [1.807, 2.05) is 0 Å². The van der Waals surface area contributed by atoms with E-state index in [9.17, 15) is 16.8 Å². The molecular formula is C10H10O4S2. The van der Waals surface area contributed by atoms with Gasteiger partial charge in [0, 0.05) is 5.41 Å². The summed E-state index contributed by atoms with van der Waals surface area (Å²) < 4.78 is 46.3. The summed E-state index contributed by atoms with van der Waals surface area (Å²) in [5, 5.41) is 0.0120. The lowest BCUT2D eigenvalue weighted by Crippen LogP contribution is -2.22. The van der Waals surface area contributed by atoms with Crippen molar-refractivity contribution in [3.8, 4) is 0 Å². The summed E-state index contributed by atoms with van der Waals surface area (Å²) in [7, 11) is -6.92. The average Bonchev–Trinajstić information content (AvgIpc) is 2.61. The number of benzene rings is 1. The third-order valence-electron chi connectivity index (χ3n) is 2.37. The van der Waals surface area contributed by atoms with E-state index in [0.29, 0.717) is 0 Å². The fourth-order valence-electron chi connectivity index (χ4n) is 1.53. The summed E-state index contributed by atoms with van der Waals surface area (Å²) in [6.45, 7) is 0. The fraction of sp³-hybridized carbons (Fsp3) is 0.200. The molecule has 0 aliphatic carbocycles. The van der Waals surface area contributed by atoms with Gasteiger partial charge >= 0.3 is 0 Å². The minimum absolute atomic E-state index is 0.154. The Morgan fingerprint density at radius 2 is 1.75 bits per heavy atom. The van der Waals surface area contributed by atoms with Crippen molar-refractivity contribution < 1.29 is 16.8 Å². The first-order chi connectivity index (χ1) is 7.42. The highest BCUT2D eigenvalue weighted by atomic mass is 32.2. The molecule has 0 spiro atoms. The van der Waals surface area contributed by atoms with E-state index in [-0.39, 0.29) is 10.6 Å². The van der Waals surface area contributed by atoms with Crippen molar-refractivity contribution in [1.29, 1.82) is 0 Å². The summed E-state index contributed by atoms with van der Waals surface area (Å²) in [6.07, 6.45) is 1.23. The minimum atomic E-state index is -3.58. The Bertz CT molecular complexity index is 612. The highest BCUT2D eigenvalue weighted by Crippen LogP contribution is 2.22. The van der Waals surface area contributed by atoms with Crippen LogP contribution in [-0.2, 0) is 19.7 Å². The third kappa shape index (κ3) is 2.03. The molecule has 2 rings (SSSR count). The van der Waals surface area contributed by atoms with Crippen molar-refractivity contribution in [3.05, 3.63) is 41.8 Å². The molecule has 0 amide bonds. The summed E-state index contributed by atoms with van der Waals surface area (Å²) >= 11 is 0. The number of sulfone groups is 2. The SMILES string of the molecule is O=S1(=O)C=C[C@@H](S(=O)(=O)c2ccccc2)C1. The van der Waals surface area contributed by atoms with Gasteiger partial charge in [0.25, 0.3) is 0 Å². The van der Waals surface area contributed by atoms with Crippen molar-refractivity contribution in [2.45, 2.75) is 10.1 Å². The molecule has 0 radical (unpaired) electrons. The first-order valence-corrected chi connectivity index (χ1v) is 7.88. The molecule has 6 heteroatoms. The smallest absolute Gasteiger partial charge is 0.185 e. The van der Waals surface area contributed by atoms with Gasteiger partial charge in [-0.3, -0.25) is 0 Å². The summed E-state index contributed by atoms with van der Waals surface area (Å²) in [5.74, 6) is -0.357. The molecule has 0 unspecified atom stereocenters. The second-order valence-electron chi connectivity index (χ2n) is 3.55. The zero-order valence-corrected chi connectivity index (χ0v) is 9.91. The zero-order chi connectivity index (χ0) is 11.8. The van der Waals surface area contributed by atoms with Gasteiger partial charge in [-0.2, -0.15) is 0 Å². The van der Waals surface area contributed by atoms with E-state index in [2.05, 4.69) is 0 Å². The van der Waals surface area contributed by atoms with Crippen LogP contribution in [-0.4, -0.2) is 27.8 Å². The molecule has 1 heterocycles. The molecule has 0 bridgehead atoms. The first kappa shape index (κ1) is 11.3. The van der Waals surface area contributed by atoms with Gasteiger partial charge in [-0.1, -0.05) is 24.3 Å². The van der Waals surface area contributed by atoms with Gasteiger partial charge in [0.2, 0.25) is 0 Å². The van der Waals surface area contributed by atoms with E-state index in [1.54, 1.807) is 18.2 Å². The number of hydrogen-bond donors (Lipinski definition) is 0. The van der Waals surface area contributed by atoms with E-state index in [1.165, 1.54) is 18.2 Å². The summed E-state index contributed by atoms with van der Waals surface area (Å²) in [6, 6.07) is 7.86. The molecule has 1 aromatic rings. The topological polar surface area (TPSA) is 68.3 Å². The maximum Gasteiger partial charge on any atom is 0.185 e. The van der Waals surface area contributed by atoms with Crippen LogP contribution in [0, 0.1) is 0 Å². The highest BCUT2D eigenvalue weighted by molar-refractivity contribution is 7.98. The molecule has 1 atom stereocenters. The second-order valence-corrected chi connectivity index (χ2v) is 7.65. The van der Waals surface area contributed by atoms with Crippen LogP contribution >= 0.6 is 0 Å². The standard InChI is InChI=1S/C10H10O4S2/c11-15(12)7-6-10(8-15)16(13,14)9-4-2-1-3-5-9/h1-7,10H,8H2/t10-/m1/s1. The van der Waals surface area contributed by atoms with Crippen LogP contribution in [0.15, 0.2) is 46.7 Å². The Labute approximate surface area is 94.4 Å². The number of hydrogen-bond acceptors (Lipinski definition) is 4. The van der Waals surface area contributed by atoms with E-state index < -0.39 is 24.9 Å². The molecule has 1 aromatic carbocycles. The molecular weight excluding hydrogens is 248 g/mol.